The highest BCUT2D eigenvalue weighted by Crippen LogP contribution is 2.27. The summed E-state index contributed by atoms with van der Waals surface area (Å²) in [6.45, 7) is 2.91. The van der Waals surface area contributed by atoms with Crippen molar-refractivity contribution in [3.63, 3.8) is 0 Å². The molecule has 1 saturated heterocycles. The molecule has 2 aromatic rings. The van der Waals surface area contributed by atoms with Crippen LogP contribution in [0.3, 0.4) is 0 Å². The summed E-state index contributed by atoms with van der Waals surface area (Å²) in [7, 11) is 1.63. The number of amides is 3. The molecule has 2 aromatic carbocycles. The fourth-order valence-corrected chi connectivity index (χ4v) is 3.68. The monoisotopic (exact) mass is 435 g/mol. The summed E-state index contributed by atoms with van der Waals surface area (Å²) in [4.78, 5) is 27.6. The highest BCUT2D eigenvalue weighted by Gasteiger charge is 2.19. The molecule has 168 valence electrons. The predicted octanol–water partition coefficient (Wildman–Crippen LogP) is 3.96. The van der Waals surface area contributed by atoms with Gasteiger partial charge in [-0.25, -0.2) is 4.79 Å². The molecule has 32 heavy (non-hydrogen) atoms. The Morgan fingerprint density at radius 2 is 1.81 bits per heavy atom. The van der Waals surface area contributed by atoms with Gasteiger partial charge in [0.25, 0.3) is 5.91 Å². The number of methoxy groups -OCH3 is 1. The number of rotatable bonds is 8. The first-order chi connectivity index (χ1) is 15.6. The summed E-state index contributed by atoms with van der Waals surface area (Å²) in [6.07, 6.45) is 4.11. The van der Waals surface area contributed by atoms with Crippen molar-refractivity contribution < 1.29 is 14.3 Å². The second-order valence-corrected chi connectivity index (χ2v) is 7.65. The van der Waals surface area contributed by atoms with Crippen LogP contribution in [-0.4, -0.2) is 45.3 Å². The second-order valence-electron chi connectivity index (χ2n) is 7.65. The Morgan fingerprint density at radius 1 is 1.06 bits per heavy atom. The van der Waals surface area contributed by atoms with Gasteiger partial charge in [-0.3, -0.25) is 4.79 Å². The van der Waals surface area contributed by atoms with Crippen molar-refractivity contribution in [2.24, 2.45) is 0 Å². The standard InChI is InChI=1S/C24H29N5O3/c1-32-14-6-11-26-23(30)21-16-20(9-10-22(21)29-12-3-2-4-13-29)28-24(31)27-19-8-5-7-18(15-19)17-25/h5,7-10,15-16H,2-4,6,11-14H2,1H3,(H,26,30)(H2,27,28,31). The van der Waals surface area contributed by atoms with Gasteiger partial charge in [0.15, 0.2) is 0 Å². The molecule has 0 aromatic heterocycles. The Morgan fingerprint density at radius 3 is 2.53 bits per heavy atom. The van der Waals surface area contributed by atoms with Crippen LogP contribution in [0, 0.1) is 11.3 Å². The third-order valence-electron chi connectivity index (χ3n) is 5.26. The molecular weight excluding hydrogens is 406 g/mol. The van der Waals surface area contributed by atoms with E-state index >= 15 is 0 Å². The molecule has 1 aliphatic rings. The van der Waals surface area contributed by atoms with Crippen molar-refractivity contribution in [3.8, 4) is 6.07 Å². The maximum atomic E-state index is 12.9. The summed E-state index contributed by atoms with van der Waals surface area (Å²) < 4.78 is 5.04. The Bertz CT molecular complexity index is 980. The lowest BCUT2D eigenvalue weighted by Gasteiger charge is -2.30. The third-order valence-corrected chi connectivity index (χ3v) is 5.26. The number of hydrogen-bond acceptors (Lipinski definition) is 5. The van der Waals surface area contributed by atoms with Crippen LogP contribution in [0.15, 0.2) is 42.5 Å². The number of urea groups is 1. The summed E-state index contributed by atoms with van der Waals surface area (Å²) in [5, 5.41) is 17.4. The van der Waals surface area contributed by atoms with E-state index in [1.807, 2.05) is 12.1 Å². The van der Waals surface area contributed by atoms with Crippen molar-refractivity contribution in [1.29, 1.82) is 5.26 Å². The number of hydrogen-bond donors (Lipinski definition) is 3. The fourth-order valence-electron chi connectivity index (χ4n) is 3.68. The lowest BCUT2D eigenvalue weighted by Crippen LogP contribution is -2.33. The molecule has 8 nitrogen and oxygen atoms in total. The number of carbonyl (C=O) groups is 2. The molecule has 0 saturated carbocycles. The van der Waals surface area contributed by atoms with E-state index in [4.69, 9.17) is 10.00 Å². The van der Waals surface area contributed by atoms with Gasteiger partial charge >= 0.3 is 6.03 Å². The molecule has 1 heterocycles. The van der Waals surface area contributed by atoms with Gasteiger partial charge in [-0.05, 0) is 62.1 Å². The Hall–Kier alpha value is -3.57. The first-order valence-electron chi connectivity index (χ1n) is 10.8. The smallest absolute Gasteiger partial charge is 0.323 e. The van der Waals surface area contributed by atoms with Crippen LogP contribution in [-0.2, 0) is 4.74 Å². The first kappa shape index (κ1) is 23.1. The molecule has 1 aliphatic heterocycles. The van der Waals surface area contributed by atoms with Crippen LogP contribution >= 0.6 is 0 Å². The SMILES string of the molecule is COCCCNC(=O)c1cc(NC(=O)Nc2cccc(C#N)c2)ccc1N1CCCCC1. The van der Waals surface area contributed by atoms with Gasteiger partial charge in [0.2, 0.25) is 0 Å². The molecule has 1 fully saturated rings. The van der Waals surface area contributed by atoms with E-state index in [1.54, 1.807) is 43.5 Å². The number of nitrogens with zero attached hydrogens (tertiary/aromatic N) is 2. The average Bonchev–Trinajstić information content (AvgIpc) is 2.82. The van der Waals surface area contributed by atoms with Gasteiger partial charge in [0.1, 0.15) is 0 Å². The normalized spacial score (nSPS) is 13.2. The van der Waals surface area contributed by atoms with Crippen molar-refractivity contribution in [2.45, 2.75) is 25.7 Å². The van der Waals surface area contributed by atoms with Crippen LogP contribution in [0.1, 0.15) is 41.6 Å². The minimum absolute atomic E-state index is 0.174. The maximum absolute atomic E-state index is 12.9. The van der Waals surface area contributed by atoms with E-state index in [-0.39, 0.29) is 5.91 Å². The molecule has 0 bridgehead atoms. The highest BCUT2D eigenvalue weighted by atomic mass is 16.5. The minimum atomic E-state index is -0.447. The van der Waals surface area contributed by atoms with Gasteiger partial charge in [0, 0.05) is 50.4 Å². The largest absolute Gasteiger partial charge is 0.385 e. The van der Waals surface area contributed by atoms with E-state index in [0.29, 0.717) is 35.7 Å². The summed E-state index contributed by atoms with van der Waals surface area (Å²) in [5.41, 5.74) is 2.90. The molecule has 0 aliphatic carbocycles. The number of piperidine rings is 1. The summed E-state index contributed by atoms with van der Waals surface area (Å²) in [5.74, 6) is -0.174. The number of nitrogens with one attached hydrogen (secondary N) is 3. The van der Waals surface area contributed by atoms with E-state index < -0.39 is 6.03 Å². The first-order valence-corrected chi connectivity index (χ1v) is 10.8. The molecule has 0 radical (unpaired) electrons. The Kier molecular flexibility index (Phi) is 8.46. The zero-order valence-electron chi connectivity index (χ0n) is 18.3. The van der Waals surface area contributed by atoms with Crippen LogP contribution in [0.4, 0.5) is 21.9 Å². The van der Waals surface area contributed by atoms with Crippen LogP contribution < -0.4 is 20.9 Å². The zero-order valence-corrected chi connectivity index (χ0v) is 18.3. The lowest BCUT2D eigenvalue weighted by atomic mass is 10.1. The number of ether oxygens (including phenoxy) is 1. The van der Waals surface area contributed by atoms with Crippen LogP contribution in [0.2, 0.25) is 0 Å². The van der Waals surface area contributed by atoms with Crippen LogP contribution in [0.5, 0.6) is 0 Å². The zero-order chi connectivity index (χ0) is 22.8. The van der Waals surface area contributed by atoms with Crippen LogP contribution in [0.25, 0.3) is 0 Å². The van der Waals surface area contributed by atoms with E-state index in [1.165, 1.54) is 6.42 Å². The van der Waals surface area contributed by atoms with Gasteiger partial charge in [-0.2, -0.15) is 5.26 Å². The van der Waals surface area contributed by atoms with E-state index in [2.05, 4.69) is 20.9 Å². The fraction of sp³-hybridized carbons (Fsp3) is 0.375. The van der Waals surface area contributed by atoms with Gasteiger partial charge in [-0.1, -0.05) is 6.07 Å². The molecule has 3 rings (SSSR count). The van der Waals surface area contributed by atoms with Crippen molar-refractivity contribution >= 4 is 29.0 Å². The maximum Gasteiger partial charge on any atom is 0.323 e. The molecule has 8 heteroatoms. The van der Waals surface area contributed by atoms with Gasteiger partial charge in [0.05, 0.1) is 17.2 Å². The molecule has 0 unspecified atom stereocenters. The molecule has 3 amide bonds. The van der Waals surface area contributed by atoms with E-state index in [0.717, 1.165) is 38.0 Å². The molecule has 0 atom stereocenters. The van der Waals surface area contributed by atoms with Crippen molar-refractivity contribution in [3.05, 3.63) is 53.6 Å². The Balaban J connectivity index is 1.74. The van der Waals surface area contributed by atoms with Gasteiger partial charge in [-0.15, -0.1) is 0 Å². The number of anilines is 3. The van der Waals surface area contributed by atoms with Crippen molar-refractivity contribution in [2.75, 3.05) is 48.9 Å². The number of nitriles is 1. The quantitative estimate of drug-likeness (QED) is 0.544. The molecule has 0 spiro atoms. The molecular formula is C24H29N5O3. The average molecular weight is 436 g/mol. The minimum Gasteiger partial charge on any atom is -0.385 e. The summed E-state index contributed by atoms with van der Waals surface area (Å²) in [6, 6.07) is 13.7. The number of benzene rings is 2. The third kappa shape index (κ3) is 6.46. The highest BCUT2D eigenvalue weighted by molar-refractivity contribution is 6.04. The van der Waals surface area contributed by atoms with E-state index in [9.17, 15) is 9.59 Å². The lowest BCUT2D eigenvalue weighted by molar-refractivity contribution is 0.0949. The molecule has 3 N–H and O–H groups in total. The van der Waals surface area contributed by atoms with Gasteiger partial charge < -0.3 is 25.6 Å². The Labute approximate surface area is 188 Å². The summed E-state index contributed by atoms with van der Waals surface area (Å²) >= 11 is 0. The predicted molar refractivity (Wildman–Crippen MR) is 125 cm³/mol. The van der Waals surface area contributed by atoms with Crippen molar-refractivity contribution in [1.82, 2.24) is 5.32 Å². The number of carbonyl (C=O) groups excluding carboxylic acids is 2. The topological polar surface area (TPSA) is 106 Å². The second kappa shape index (κ2) is 11.7.